The average molecular weight is 275 g/mol. The van der Waals surface area contributed by atoms with Gasteiger partial charge in [-0.3, -0.25) is 9.69 Å². The lowest BCUT2D eigenvalue weighted by Crippen LogP contribution is -2.46. The summed E-state index contributed by atoms with van der Waals surface area (Å²) >= 11 is 0. The number of carboxylic acids is 1. The van der Waals surface area contributed by atoms with Gasteiger partial charge in [0.05, 0.1) is 5.41 Å². The lowest BCUT2D eigenvalue weighted by atomic mass is 9.81. The lowest BCUT2D eigenvalue weighted by Gasteiger charge is -2.41. The molecule has 0 amide bonds. The Morgan fingerprint density at radius 1 is 1.35 bits per heavy atom. The number of hydrogen-bond acceptors (Lipinski definition) is 2. The summed E-state index contributed by atoms with van der Waals surface area (Å²) in [6, 6.07) is 6.82. The van der Waals surface area contributed by atoms with Crippen LogP contribution in [0.2, 0.25) is 0 Å². The molecule has 20 heavy (non-hydrogen) atoms. The monoisotopic (exact) mass is 275 g/mol. The molecule has 110 valence electrons. The second-order valence-corrected chi connectivity index (χ2v) is 6.46. The number of carboxylic acid groups (broad SMARTS) is 1. The number of likely N-dealkylation sites (tertiary alicyclic amines) is 1. The van der Waals surface area contributed by atoms with Crippen LogP contribution in [-0.2, 0) is 4.79 Å². The first-order valence-electron chi connectivity index (χ1n) is 7.38. The van der Waals surface area contributed by atoms with Gasteiger partial charge in [0.2, 0.25) is 0 Å². The molecule has 3 heteroatoms. The molecule has 1 saturated heterocycles. The predicted molar refractivity (Wildman–Crippen MR) is 80.9 cm³/mol. The molecule has 0 spiro atoms. The van der Waals surface area contributed by atoms with Crippen LogP contribution in [0.4, 0.5) is 0 Å². The molecule has 1 aliphatic heterocycles. The fourth-order valence-corrected chi connectivity index (χ4v) is 3.02. The van der Waals surface area contributed by atoms with Gasteiger partial charge in [-0.1, -0.05) is 18.2 Å². The summed E-state index contributed by atoms with van der Waals surface area (Å²) in [6.07, 6.45) is 1.73. The zero-order valence-electron chi connectivity index (χ0n) is 12.9. The zero-order chi connectivity index (χ0) is 14.9. The fourth-order valence-electron chi connectivity index (χ4n) is 3.02. The zero-order valence-corrected chi connectivity index (χ0v) is 12.9. The smallest absolute Gasteiger partial charge is 0.310 e. The van der Waals surface area contributed by atoms with Crippen molar-refractivity contribution in [2.24, 2.45) is 5.41 Å². The minimum atomic E-state index is -0.672. The Labute approximate surface area is 121 Å². The minimum absolute atomic E-state index is 0.272. The summed E-state index contributed by atoms with van der Waals surface area (Å²) < 4.78 is 0. The van der Waals surface area contributed by atoms with Crippen molar-refractivity contribution in [3.05, 3.63) is 34.9 Å². The highest BCUT2D eigenvalue weighted by atomic mass is 16.4. The summed E-state index contributed by atoms with van der Waals surface area (Å²) in [7, 11) is 0. The first kappa shape index (κ1) is 15.0. The van der Waals surface area contributed by atoms with E-state index in [0.717, 1.165) is 19.4 Å². The number of carbonyl (C=O) groups is 1. The van der Waals surface area contributed by atoms with E-state index < -0.39 is 11.4 Å². The average Bonchev–Trinajstić information content (AvgIpc) is 2.41. The van der Waals surface area contributed by atoms with Gasteiger partial charge in [-0.25, -0.2) is 0 Å². The number of rotatable bonds is 3. The standard InChI is InChI=1S/C17H25NO2/c1-12-6-7-15(10-13(12)2)14(3)18-9-5-8-17(4,11-18)16(19)20/h6-7,10,14H,5,8-9,11H2,1-4H3,(H,19,20). The maximum atomic E-state index is 11.5. The molecule has 2 unspecified atom stereocenters. The maximum absolute atomic E-state index is 11.5. The van der Waals surface area contributed by atoms with Crippen LogP contribution in [0.5, 0.6) is 0 Å². The highest BCUT2D eigenvalue weighted by molar-refractivity contribution is 5.74. The summed E-state index contributed by atoms with van der Waals surface area (Å²) in [5.41, 5.74) is 3.27. The van der Waals surface area contributed by atoms with Crippen LogP contribution < -0.4 is 0 Å². The van der Waals surface area contributed by atoms with E-state index >= 15 is 0 Å². The van der Waals surface area contributed by atoms with Gasteiger partial charge in [-0.2, -0.15) is 0 Å². The van der Waals surface area contributed by atoms with Crippen molar-refractivity contribution in [3.63, 3.8) is 0 Å². The highest BCUT2D eigenvalue weighted by Gasteiger charge is 2.39. The van der Waals surface area contributed by atoms with Gasteiger partial charge in [0, 0.05) is 12.6 Å². The Hall–Kier alpha value is -1.35. The van der Waals surface area contributed by atoms with E-state index in [1.165, 1.54) is 16.7 Å². The second-order valence-electron chi connectivity index (χ2n) is 6.46. The Balaban J connectivity index is 2.18. The number of piperidine rings is 1. The predicted octanol–water partition coefficient (Wildman–Crippen LogP) is 3.55. The quantitative estimate of drug-likeness (QED) is 0.917. The van der Waals surface area contributed by atoms with Gasteiger partial charge in [0.1, 0.15) is 0 Å². The number of aryl methyl sites for hydroxylation is 2. The third kappa shape index (κ3) is 2.88. The molecule has 2 rings (SSSR count). The third-order valence-corrected chi connectivity index (χ3v) is 4.80. The van der Waals surface area contributed by atoms with Crippen LogP contribution >= 0.6 is 0 Å². The van der Waals surface area contributed by atoms with Crippen LogP contribution in [0.25, 0.3) is 0 Å². The van der Waals surface area contributed by atoms with E-state index in [4.69, 9.17) is 0 Å². The molecule has 1 fully saturated rings. The lowest BCUT2D eigenvalue weighted by molar-refractivity contribution is -0.151. The van der Waals surface area contributed by atoms with Crippen LogP contribution in [0.15, 0.2) is 18.2 Å². The van der Waals surface area contributed by atoms with Gasteiger partial charge >= 0.3 is 5.97 Å². The van der Waals surface area contributed by atoms with Crippen LogP contribution in [0.3, 0.4) is 0 Å². The van der Waals surface area contributed by atoms with Crippen molar-refractivity contribution in [1.29, 1.82) is 0 Å². The van der Waals surface area contributed by atoms with E-state index in [9.17, 15) is 9.90 Å². The van der Waals surface area contributed by atoms with Gasteiger partial charge in [0.25, 0.3) is 0 Å². The maximum Gasteiger partial charge on any atom is 0.310 e. The van der Waals surface area contributed by atoms with E-state index in [-0.39, 0.29) is 6.04 Å². The molecule has 1 aromatic carbocycles. The van der Waals surface area contributed by atoms with Gasteiger partial charge < -0.3 is 5.11 Å². The van der Waals surface area contributed by atoms with Crippen molar-refractivity contribution >= 4 is 5.97 Å². The fraction of sp³-hybridized carbons (Fsp3) is 0.588. The van der Waals surface area contributed by atoms with E-state index in [2.05, 4.69) is 43.9 Å². The minimum Gasteiger partial charge on any atom is -0.481 e. The number of aliphatic carboxylic acids is 1. The number of nitrogens with zero attached hydrogens (tertiary/aromatic N) is 1. The molecule has 3 nitrogen and oxygen atoms in total. The normalized spacial score (nSPS) is 25.4. The molecule has 1 aliphatic rings. The van der Waals surface area contributed by atoms with Gasteiger partial charge in [-0.05, 0) is 63.8 Å². The van der Waals surface area contributed by atoms with Crippen molar-refractivity contribution in [3.8, 4) is 0 Å². The number of hydrogen-bond donors (Lipinski definition) is 1. The molecule has 0 radical (unpaired) electrons. The Bertz CT molecular complexity index is 512. The largest absolute Gasteiger partial charge is 0.481 e. The molecule has 0 saturated carbocycles. The molecule has 0 aliphatic carbocycles. The van der Waals surface area contributed by atoms with Crippen LogP contribution in [-0.4, -0.2) is 29.1 Å². The summed E-state index contributed by atoms with van der Waals surface area (Å²) in [4.78, 5) is 13.8. The van der Waals surface area contributed by atoms with Crippen LogP contribution in [0, 0.1) is 19.3 Å². The SMILES string of the molecule is Cc1ccc(C(C)N2CCCC(C)(C(=O)O)C2)cc1C. The van der Waals surface area contributed by atoms with Crippen molar-refractivity contribution in [2.45, 2.75) is 46.6 Å². The van der Waals surface area contributed by atoms with Gasteiger partial charge in [-0.15, -0.1) is 0 Å². The molecule has 0 bridgehead atoms. The summed E-state index contributed by atoms with van der Waals surface area (Å²) in [6.45, 7) is 9.91. The van der Waals surface area contributed by atoms with Crippen LogP contribution in [0.1, 0.15) is 49.4 Å². The summed E-state index contributed by atoms with van der Waals surface area (Å²) in [5.74, 6) is -0.672. The Kier molecular flexibility index (Phi) is 4.19. The van der Waals surface area contributed by atoms with Crippen molar-refractivity contribution < 1.29 is 9.90 Å². The molecule has 1 N–H and O–H groups in total. The van der Waals surface area contributed by atoms with E-state index in [0.29, 0.717) is 6.54 Å². The second kappa shape index (κ2) is 5.57. The summed E-state index contributed by atoms with van der Waals surface area (Å²) in [5, 5.41) is 9.42. The van der Waals surface area contributed by atoms with Crippen molar-refractivity contribution in [1.82, 2.24) is 4.90 Å². The van der Waals surface area contributed by atoms with Crippen molar-refractivity contribution in [2.75, 3.05) is 13.1 Å². The van der Waals surface area contributed by atoms with E-state index in [1.807, 2.05) is 6.92 Å². The van der Waals surface area contributed by atoms with E-state index in [1.54, 1.807) is 0 Å². The third-order valence-electron chi connectivity index (χ3n) is 4.80. The molecule has 1 heterocycles. The molecule has 0 aromatic heterocycles. The topological polar surface area (TPSA) is 40.5 Å². The molecular formula is C17H25NO2. The Morgan fingerprint density at radius 3 is 2.65 bits per heavy atom. The van der Waals surface area contributed by atoms with Gasteiger partial charge in [0.15, 0.2) is 0 Å². The highest BCUT2D eigenvalue weighted by Crippen LogP contribution is 2.34. The molecule has 1 aromatic rings. The Morgan fingerprint density at radius 2 is 2.05 bits per heavy atom. The molecular weight excluding hydrogens is 250 g/mol. The number of benzene rings is 1. The first-order chi connectivity index (χ1) is 9.33. The molecule has 2 atom stereocenters. The first-order valence-corrected chi connectivity index (χ1v) is 7.38.